The monoisotopic (exact) mass is 288 g/mol. The molecule has 0 spiro atoms. The van der Waals surface area contributed by atoms with Crippen LogP contribution in [0.5, 0.6) is 0 Å². The second-order valence-corrected chi connectivity index (χ2v) is 4.90. The molecule has 1 aromatic heterocycles. The molecule has 1 aliphatic heterocycles. The van der Waals surface area contributed by atoms with Crippen molar-refractivity contribution in [2.75, 3.05) is 13.1 Å². The van der Waals surface area contributed by atoms with E-state index in [9.17, 15) is 18.0 Å². The number of halogens is 3. The highest BCUT2D eigenvalue weighted by atomic mass is 19.4. The van der Waals surface area contributed by atoms with Crippen LogP contribution in [0.3, 0.4) is 0 Å². The van der Waals surface area contributed by atoms with E-state index >= 15 is 0 Å². The molecule has 0 radical (unpaired) electrons. The Morgan fingerprint density at radius 1 is 1.30 bits per heavy atom. The van der Waals surface area contributed by atoms with Gasteiger partial charge in [-0.1, -0.05) is 0 Å². The molecule has 20 heavy (non-hydrogen) atoms. The molecule has 0 aromatic carbocycles. The molecule has 2 atom stereocenters. The van der Waals surface area contributed by atoms with E-state index in [2.05, 4.69) is 4.98 Å². The highest BCUT2D eigenvalue weighted by molar-refractivity contribution is 5.94. The summed E-state index contributed by atoms with van der Waals surface area (Å²) in [5.41, 5.74) is -0.850. The Balaban J connectivity index is 2.13. The molecule has 1 aliphatic rings. The van der Waals surface area contributed by atoms with Gasteiger partial charge >= 0.3 is 6.18 Å². The van der Waals surface area contributed by atoms with Crippen molar-refractivity contribution >= 4 is 5.91 Å². The summed E-state index contributed by atoms with van der Waals surface area (Å²) in [6, 6.07) is 1.98. The zero-order valence-corrected chi connectivity index (χ0v) is 11.1. The first-order valence-corrected chi connectivity index (χ1v) is 6.25. The first-order valence-electron chi connectivity index (χ1n) is 6.25. The highest BCUT2D eigenvalue weighted by Crippen LogP contribution is 2.27. The van der Waals surface area contributed by atoms with Crippen molar-refractivity contribution in [2.24, 2.45) is 0 Å². The summed E-state index contributed by atoms with van der Waals surface area (Å²) in [5, 5.41) is 0. The van der Waals surface area contributed by atoms with Gasteiger partial charge in [0.05, 0.1) is 17.8 Å². The van der Waals surface area contributed by atoms with Gasteiger partial charge in [-0.15, -0.1) is 0 Å². The van der Waals surface area contributed by atoms with Gasteiger partial charge in [-0.3, -0.25) is 9.78 Å². The lowest BCUT2D eigenvalue weighted by atomic mass is 10.1. The Bertz CT molecular complexity index is 477. The van der Waals surface area contributed by atoms with Crippen LogP contribution < -0.4 is 0 Å². The van der Waals surface area contributed by atoms with Crippen LogP contribution >= 0.6 is 0 Å². The van der Waals surface area contributed by atoms with Gasteiger partial charge in [0.2, 0.25) is 0 Å². The van der Waals surface area contributed by atoms with Crippen LogP contribution in [0, 0.1) is 0 Å². The Hall–Kier alpha value is -1.63. The quantitative estimate of drug-likeness (QED) is 0.796. The van der Waals surface area contributed by atoms with Gasteiger partial charge < -0.3 is 9.64 Å². The van der Waals surface area contributed by atoms with Gasteiger partial charge in [0.1, 0.15) is 5.69 Å². The minimum Gasteiger partial charge on any atom is -0.372 e. The van der Waals surface area contributed by atoms with Gasteiger partial charge in [0.25, 0.3) is 5.91 Å². The summed E-state index contributed by atoms with van der Waals surface area (Å²) in [6.07, 6.45) is -3.71. The Morgan fingerprint density at radius 3 is 2.35 bits per heavy atom. The molecule has 0 unspecified atom stereocenters. The van der Waals surface area contributed by atoms with E-state index < -0.39 is 11.9 Å². The number of pyridine rings is 1. The summed E-state index contributed by atoms with van der Waals surface area (Å²) in [7, 11) is 0. The van der Waals surface area contributed by atoms with Gasteiger partial charge in [-0.05, 0) is 26.0 Å². The number of ether oxygens (including phenoxy) is 1. The third-order valence-electron chi connectivity index (χ3n) is 3.01. The van der Waals surface area contributed by atoms with Crippen molar-refractivity contribution in [3.05, 3.63) is 29.6 Å². The molecule has 7 heteroatoms. The van der Waals surface area contributed by atoms with E-state index in [1.54, 1.807) is 4.90 Å². The second kappa shape index (κ2) is 5.40. The van der Waals surface area contributed by atoms with Crippen molar-refractivity contribution < 1.29 is 22.7 Å². The maximum Gasteiger partial charge on any atom is 0.433 e. The topological polar surface area (TPSA) is 42.4 Å². The number of aromatic nitrogens is 1. The number of carbonyl (C=O) groups excluding carboxylic acids is 1. The van der Waals surface area contributed by atoms with Crippen molar-refractivity contribution in [1.82, 2.24) is 9.88 Å². The summed E-state index contributed by atoms with van der Waals surface area (Å²) >= 11 is 0. The molecule has 1 amide bonds. The van der Waals surface area contributed by atoms with Crippen LogP contribution in [0.1, 0.15) is 29.9 Å². The zero-order chi connectivity index (χ0) is 14.9. The number of amides is 1. The highest BCUT2D eigenvalue weighted by Gasteiger charge is 2.33. The number of hydrogen-bond donors (Lipinski definition) is 0. The first kappa shape index (κ1) is 14.8. The average molecular weight is 288 g/mol. The maximum atomic E-state index is 12.4. The zero-order valence-electron chi connectivity index (χ0n) is 11.1. The number of alkyl halides is 3. The Morgan fingerprint density at radius 2 is 1.90 bits per heavy atom. The minimum atomic E-state index is -4.50. The molecular weight excluding hydrogens is 273 g/mol. The van der Waals surface area contributed by atoms with E-state index in [0.29, 0.717) is 13.1 Å². The predicted octanol–water partition coefficient (Wildman–Crippen LogP) is 2.35. The lowest BCUT2D eigenvalue weighted by Gasteiger charge is -2.35. The summed E-state index contributed by atoms with van der Waals surface area (Å²) < 4.78 is 42.7. The molecule has 0 N–H and O–H groups in total. The van der Waals surface area contributed by atoms with Gasteiger partial charge in [-0.25, -0.2) is 0 Å². The lowest BCUT2D eigenvalue weighted by molar-refractivity contribution is -0.141. The summed E-state index contributed by atoms with van der Waals surface area (Å²) in [6.45, 7) is 4.54. The molecule has 0 saturated carbocycles. The number of rotatable bonds is 1. The summed E-state index contributed by atoms with van der Waals surface area (Å²) in [5.74, 6) is -0.326. The number of nitrogens with zero attached hydrogens (tertiary/aromatic N) is 2. The third kappa shape index (κ3) is 3.27. The molecule has 4 nitrogen and oxygen atoms in total. The Labute approximate surface area is 114 Å². The molecule has 0 bridgehead atoms. The van der Waals surface area contributed by atoms with Crippen LogP contribution in [0.15, 0.2) is 18.3 Å². The van der Waals surface area contributed by atoms with Crippen molar-refractivity contribution in [3.8, 4) is 0 Å². The van der Waals surface area contributed by atoms with E-state index in [4.69, 9.17) is 4.74 Å². The van der Waals surface area contributed by atoms with E-state index in [1.165, 1.54) is 0 Å². The smallest absolute Gasteiger partial charge is 0.372 e. The normalized spacial score (nSPS) is 23.8. The average Bonchev–Trinajstić information content (AvgIpc) is 2.36. The molecule has 2 heterocycles. The van der Waals surface area contributed by atoms with Crippen molar-refractivity contribution in [1.29, 1.82) is 0 Å². The van der Waals surface area contributed by atoms with Gasteiger partial charge in [0, 0.05) is 19.3 Å². The van der Waals surface area contributed by atoms with Crippen molar-refractivity contribution in [3.63, 3.8) is 0 Å². The molecular formula is C13H15F3N2O2. The molecule has 2 rings (SSSR count). The van der Waals surface area contributed by atoms with Gasteiger partial charge in [0.15, 0.2) is 0 Å². The SMILES string of the molecule is C[C@@H]1CN(C(=O)c2ccc(C(F)(F)F)nc2)C[C@@H](C)O1. The van der Waals surface area contributed by atoms with Crippen LogP contribution in [0.25, 0.3) is 0 Å². The van der Waals surface area contributed by atoms with E-state index in [1.807, 2.05) is 13.8 Å². The lowest BCUT2D eigenvalue weighted by Crippen LogP contribution is -2.48. The molecule has 0 aliphatic carbocycles. The standard InChI is InChI=1S/C13H15F3N2O2/c1-8-6-18(7-9(2)20-8)12(19)10-3-4-11(17-5-10)13(14,15)16/h3-5,8-9H,6-7H2,1-2H3/t8-,9-/m1/s1. The maximum absolute atomic E-state index is 12.4. The predicted molar refractivity (Wildman–Crippen MR) is 65.2 cm³/mol. The van der Waals surface area contributed by atoms with Crippen LogP contribution in [-0.2, 0) is 10.9 Å². The fraction of sp³-hybridized carbons (Fsp3) is 0.538. The van der Waals surface area contributed by atoms with Crippen LogP contribution in [-0.4, -0.2) is 41.1 Å². The third-order valence-corrected chi connectivity index (χ3v) is 3.01. The largest absolute Gasteiger partial charge is 0.433 e. The minimum absolute atomic E-state index is 0.0925. The summed E-state index contributed by atoms with van der Waals surface area (Å²) in [4.78, 5) is 17.1. The number of carbonyl (C=O) groups is 1. The molecule has 110 valence electrons. The first-order chi connectivity index (χ1) is 9.27. The van der Waals surface area contributed by atoms with Crippen molar-refractivity contribution in [2.45, 2.75) is 32.2 Å². The van der Waals surface area contributed by atoms with E-state index in [0.717, 1.165) is 18.3 Å². The van der Waals surface area contributed by atoms with Crippen LogP contribution in [0.2, 0.25) is 0 Å². The fourth-order valence-corrected chi connectivity index (χ4v) is 2.21. The Kier molecular flexibility index (Phi) is 3.99. The number of hydrogen-bond acceptors (Lipinski definition) is 3. The van der Waals surface area contributed by atoms with Crippen LogP contribution in [0.4, 0.5) is 13.2 Å². The number of morpholine rings is 1. The molecule has 1 saturated heterocycles. The van der Waals surface area contributed by atoms with E-state index in [-0.39, 0.29) is 23.7 Å². The molecule has 1 aromatic rings. The fourth-order valence-electron chi connectivity index (χ4n) is 2.21. The molecule has 1 fully saturated rings. The van der Waals surface area contributed by atoms with Gasteiger partial charge in [-0.2, -0.15) is 13.2 Å². The second-order valence-electron chi connectivity index (χ2n) is 4.90.